The minimum atomic E-state index is -0.771. The van der Waals surface area contributed by atoms with Gasteiger partial charge in [-0.3, -0.25) is 4.79 Å². The maximum atomic E-state index is 13.5. The van der Waals surface area contributed by atoms with Gasteiger partial charge in [-0.2, -0.15) is 0 Å². The van der Waals surface area contributed by atoms with Crippen LogP contribution in [0.5, 0.6) is 0 Å². The van der Waals surface area contributed by atoms with E-state index in [1.54, 1.807) is 24.3 Å². The van der Waals surface area contributed by atoms with Crippen molar-refractivity contribution in [3.8, 4) is 0 Å². The average Bonchev–Trinajstić information content (AvgIpc) is 2.84. The first-order valence-electron chi connectivity index (χ1n) is 5.63. The van der Waals surface area contributed by atoms with Crippen LogP contribution in [0.2, 0.25) is 0 Å². The molecule has 2 aromatic carbocycles. The molecule has 0 amide bonds. The number of ketones is 1. The van der Waals surface area contributed by atoms with E-state index < -0.39 is 17.4 Å². The van der Waals surface area contributed by atoms with Crippen molar-refractivity contribution in [2.75, 3.05) is 0 Å². The zero-order valence-corrected chi connectivity index (χ0v) is 9.69. The molecule has 0 fully saturated rings. The Hall–Kier alpha value is -2.49. The van der Waals surface area contributed by atoms with Crippen LogP contribution >= 0.6 is 0 Å². The first kappa shape index (κ1) is 11.6. The molecule has 2 nitrogen and oxygen atoms in total. The molecule has 0 aliphatic rings. The molecule has 3 aromatic rings. The van der Waals surface area contributed by atoms with Crippen molar-refractivity contribution in [1.29, 1.82) is 0 Å². The molecule has 3 rings (SSSR count). The van der Waals surface area contributed by atoms with E-state index in [1.807, 2.05) is 0 Å². The van der Waals surface area contributed by atoms with Gasteiger partial charge in [-0.25, -0.2) is 8.78 Å². The van der Waals surface area contributed by atoms with Crippen LogP contribution in [0.15, 0.2) is 52.9 Å². The number of furan rings is 1. The van der Waals surface area contributed by atoms with Crippen molar-refractivity contribution in [1.82, 2.24) is 0 Å². The van der Waals surface area contributed by atoms with Gasteiger partial charge in [0.1, 0.15) is 17.2 Å². The highest BCUT2D eigenvalue weighted by atomic mass is 19.1. The van der Waals surface area contributed by atoms with E-state index in [4.69, 9.17) is 4.42 Å². The van der Waals surface area contributed by atoms with Crippen LogP contribution in [0.1, 0.15) is 16.1 Å². The minimum absolute atomic E-state index is 0.00861. The summed E-state index contributed by atoms with van der Waals surface area (Å²) in [5.41, 5.74) is 0.196. The third kappa shape index (κ3) is 2.01. The number of fused-ring (bicyclic) bond motifs is 1. The number of hydrogen-bond donors (Lipinski definition) is 0. The molecule has 1 heterocycles. The Bertz CT molecular complexity index is 742. The molecule has 0 unspecified atom stereocenters. The highest BCUT2D eigenvalue weighted by Gasteiger charge is 2.18. The van der Waals surface area contributed by atoms with Crippen LogP contribution in [-0.4, -0.2) is 5.78 Å². The Kier molecular flexibility index (Phi) is 2.63. The lowest BCUT2D eigenvalue weighted by Gasteiger charge is -1.99. The maximum absolute atomic E-state index is 13.5. The van der Waals surface area contributed by atoms with E-state index >= 15 is 0 Å². The van der Waals surface area contributed by atoms with Crippen molar-refractivity contribution in [3.63, 3.8) is 0 Å². The SMILES string of the molecule is O=C(c1cc2ccccc2o1)c1cc(F)ccc1F. The Morgan fingerprint density at radius 2 is 1.79 bits per heavy atom. The summed E-state index contributed by atoms with van der Waals surface area (Å²) >= 11 is 0. The zero-order valence-electron chi connectivity index (χ0n) is 9.69. The second kappa shape index (κ2) is 4.31. The summed E-state index contributed by atoms with van der Waals surface area (Å²) in [5, 5.41) is 0.739. The number of carbonyl (C=O) groups is 1. The molecule has 0 aliphatic heterocycles. The zero-order chi connectivity index (χ0) is 13.4. The molecule has 0 N–H and O–H groups in total. The summed E-state index contributed by atoms with van der Waals surface area (Å²) < 4.78 is 32.0. The maximum Gasteiger partial charge on any atom is 0.231 e. The van der Waals surface area contributed by atoms with E-state index in [9.17, 15) is 13.6 Å². The first-order chi connectivity index (χ1) is 9.15. The average molecular weight is 258 g/mol. The smallest absolute Gasteiger partial charge is 0.231 e. The highest BCUT2D eigenvalue weighted by Crippen LogP contribution is 2.22. The number of rotatable bonds is 2. The molecule has 94 valence electrons. The Morgan fingerprint density at radius 3 is 2.58 bits per heavy atom. The topological polar surface area (TPSA) is 30.2 Å². The fourth-order valence-corrected chi connectivity index (χ4v) is 1.90. The number of hydrogen-bond acceptors (Lipinski definition) is 2. The van der Waals surface area contributed by atoms with Crippen LogP contribution in [0.4, 0.5) is 8.78 Å². The molecule has 0 saturated heterocycles. The van der Waals surface area contributed by atoms with Crippen molar-refractivity contribution in [3.05, 3.63) is 71.5 Å². The van der Waals surface area contributed by atoms with Gasteiger partial charge in [0.2, 0.25) is 5.78 Å². The molecule has 0 radical (unpaired) electrons. The Labute approximate surface area is 107 Å². The van der Waals surface area contributed by atoms with E-state index in [0.29, 0.717) is 5.58 Å². The summed E-state index contributed by atoms with van der Waals surface area (Å²) in [4.78, 5) is 12.1. The highest BCUT2D eigenvalue weighted by molar-refractivity contribution is 6.09. The minimum Gasteiger partial charge on any atom is -0.453 e. The van der Waals surface area contributed by atoms with E-state index in [2.05, 4.69) is 0 Å². The molecular formula is C15H8F2O2. The fourth-order valence-electron chi connectivity index (χ4n) is 1.90. The standard InChI is InChI=1S/C15H8F2O2/c16-10-5-6-12(17)11(8-10)15(18)14-7-9-3-1-2-4-13(9)19-14/h1-8H. The van der Waals surface area contributed by atoms with E-state index in [-0.39, 0.29) is 11.3 Å². The molecule has 0 bridgehead atoms. The van der Waals surface area contributed by atoms with Crippen LogP contribution in [-0.2, 0) is 0 Å². The molecule has 0 aliphatic carbocycles. The summed E-state index contributed by atoms with van der Waals surface area (Å²) in [7, 11) is 0. The number of para-hydroxylation sites is 1. The van der Waals surface area contributed by atoms with Gasteiger partial charge in [-0.1, -0.05) is 18.2 Å². The third-order valence-corrected chi connectivity index (χ3v) is 2.82. The summed E-state index contributed by atoms with van der Waals surface area (Å²) in [6.45, 7) is 0. The van der Waals surface area contributed by atoms with Crippen molar-refractivity contribution in [2.45, 2.75) is 0 Å². The fraction of sp³-hybridized carbons (Fsp3) is 0. The van der Waals surface area contributed by atoms with Crippen LogP contribution in [0.25, 0.3) is 11.0 Å². The monoisotopic (exact) mass is 258 g/mol. The van der Waals surface area contributed by atoms with Gasteiger partial charge in [-0.15, -0.1) is 0 Å². The van der Waals surface area contributed by atoms with Crippen molar-refractivity contribution in [2.24, 2.45) is 0 Å². The van der Waals surface area contributed by atoms with Gasteiger partial charge in [-0.05, 0) is 30.3 Å². The predicted octanol–water partition coefficient (Wildman–Crippen LogP) is 3.94. The summed E-state index contributed by atoms with van der Waals surface area (Å²) in [5.74, 6) is -2.12. The molecule has 0 saturated carbocycles. The van der Waals surface area contributed by atoms with Gasteiger partial charge in [0.25, 0.3) is 0 Å². The lowest BCUT2D eigenvalue weighted by atomic mass is 10.1. The van der Waals surface area contributed by atoms with Crippen LogP contribution in [0.3, 0.4) is 0 Å². The first-order valence-corrected chi connectivity index (χ1v) is 5.63. The van der Waals surface area contributed by atoms with Crippen LogP contribution in [0, 0.1) is 11.6 Å². The largest absolute Gasteiger partial charge is 0.453 e. The Balaban J connectivity index is 2.10. The molecular weight excluding hydrogens is 250 g/mol. The van der Waals surface area contributed by atoms with Crippen molar-refractivity contribution < 1.29 is 18.0 Å². The summed E-state index contributed by atoms with van der Waals surface area (Å²) in [6, 6.07) is 11.3. The van der Waals surface area contributed by atoms with Gasteiger partial charge in [0.15, 0.2) is 5.76 Å². The number of halogens is 2. The lowest BCUT2D eigenvalue weighted by Crippen LogP contribution is -2.03. The number of carbonyl (C=O) groups excluding carboxylic acids is 1. The molecule has 0 atom stereocenters. The van der Waals surface area contributed by atoms with Gasteiger partial charge >= 0.3 is 0 Å². The van der Waals surface area contributed by atoms with E-state index in [1.165, 1.54) is 6.07 Å². The predicted molar refractivity (Wildman–Crippen MR) is 66.0 cm³/mol. The molecule has 1 aromatic heterocycles. The molecule has 19 heavy (non-hydrogen) atoms. The molecule has 0 spiro atoms. The quantitative estimate of drug-likeness (QED) is 0.652. The third-order valence-electron chi connectivity index (χ3n) is 2.82. The molecule has 4 heteroatoms. The van der Waals surface area contributed by atoms with Crippen molar-refractivity contribution >= 4 is 16.8 Å². The van der Waals surface area contributed by atoms with Gasteiger partial charge < -0.3 is 4.42 Å². The summed E-state index contributed by atoms with van der Waals surface area (Å²) in [6.07, 6.45) is 0. The Morgan fingerprint density at radius 1 is 1.00 bits per heavy atom. The van der Waals surface area contributed by atoms with E-state index in [0.717, 1.165) is 23.6 Å². The second-order valence-corrected chi connectivity index (χ2v) is 4.10. The number of benzene rings is 2. The lowest BCUT2D eigenvalue weighted by molar-refractivity contribution is 0.101. The van der Waals surface area contributed by atoms with Gasteiger partial charge in [0, 0.05) is 5.39 Å². The normalized spacial score (nSPS) is 10.8. The second-order valence-electron chi connectivity index (χ2n) is 4.10. The van der Waals surface area contributed by atoms with Crippen LogP contribution < -0.4 is 0 Å². The van der Waals surface area contributed by atoms with Gasteiger partial charge in [0.05, 0.1) is 5.56 Å².